The van der Waals surface area contributed by atoms with Crippen LogP contribution >= 0.6 is 0 Å². The van der Waals surface area contributed by atoms with E-state index in [2.05, 4.69) is 27.7 Å². The molecule has 31 heavy (non-hydrogen) atoms. The molecule has 0 saturated carbocycles. The maximum atomic E-state index is 10.6. The molecular formula is C28H42O3. The smallest absolute Gasteiger partial charge is 0.131 e. The molecule has 0 fully saturated rings. The van der Waals surface area contributed by atoms with Crippen molar-refractivity contribution in [3.63, 3.8) is 0 Å². The van der Waals surface area contributed by atoms with Gasteiger partial charge < -0.3 is 14.9 Å². The average Bonchev–Trinajstić information content (AvgIpc) is 2.76. The van der Waals surface area contributed by atoms with Gasteiger partial charge in [-0.15, -0.1) is 0 Å². The van der Waals surface area contributed by atoms with Crippen LogP contribution in [-0.2, 0) is 25.7 Å². The molecule has 3 nitrogen and oxygen atoms in total. The van der Waals surface area contributed by atoms with Gasteiger partial charge in [0.2, 0.25) is 0 Å². The van der Waals surface area contributed by atoms with E-state index in [9.17, 15) is 10.2 Å². The van der Waals surface area contributed by atoms with Gasteiger partial charge in [0.1, 0.15) is 23.0 Å². The van der Waals surface area contributed by atoms with Gasteiger partial charge in [0, 0.05) is 0 Å². The fraction of sp³-hybridized carbons (Fsp3) is 0.571. The van der Waals surface area contributed by atoms with Crippen LogP contribution in [0.3, 0.4) is 0 Å². The van der Waals surface area contributed by atoms with E-state index in [0.29, 0.717) is 11.5 Å². The van der Waals surface area contributed by atoms with Gasteiger partial charge in [-0.05, 0) is 97.9 Å². The Labute approximate surface area is 189 Å². The monoisotopic (exact) mass is 426 g/mol. The lowest BCUT2D eigenvalue weighted by atomic mass is 9.99. The molecule has 172 valence electrons. The van der Waals surface area contributed by atoms with Crippen molar-refractivity contribution >= 4 is 0 Å². The third-order valence-corrected chi connectivity index (χ3v) is 5.94. The molecule has 0 aliphatic rings. The molecule has 0 unspecified atom stereocenters. The van der Waals surface area contributed by atoms with Crippen molar-refractivity contribution in [2.45, 2.75) is 105 Å². The second kappa shape index (κ2) is 13.3. The molecule has 0 aliphatic heterocycles. The van der Waals surface area contributed by atoms with Crippen LogP contribution in [0, 0.1) is 0 Å². The van der Waals surface area contributed by atoms with Crippen LogP contribution in [0.1, 0.15) is 101 Å². The molecule has 0 amide bonds. The third kappa shape index (κ3) is 7.48. The zero-order valence-corrected chi connectivity index (χ0v) is 20.1. The Morgan fingerprint density at radius 3 is 1.16 bits per heavy atom. The summed E-state index contributed by atoms with van der Waals surface area (Å²) in [7, 11) is 0. The van der Waals surface area contributed by atoms with Gasteiger partial charge in [-0.1, -0.05) is 53.4 Å². The first-order valence-electron chi connectivity index (χ1n) is 12.4. The van der Waals surface area contributed by atoms with Crippen LogP contribution < -0.4 is 4.74 Å². The lowest BCUT2D eigenvalue weighted by Crippen LogP contribution is -2.00. The van der Waals surface area contributed by atoms with Crippen LogP contribution in [0.25, 0.3) is 0 Å². The summed E-state index contributed by atoms with van der Waals surface area (Å²) in [6.07, 6.45) is 12.1. The van der Waals surface area contributed by atoms with Crippen molar-refractivity contribution in [1.82, 2.24) is 0 Å². The molecule has 2 aromatic rings. The summed E-state index contributed by atoms with van der Waals surface area (Å²) in [5.74, 6) is 2.46. The van der Waals surface area contributed by atoms with Crippen LogP contribution in [-0.4, -0.2) is 10.2 Å². The van der Waals surface area contributed by atoms with Gasteiger partial charge >= 0.3 is 0 Å². The maximum Gasteiger partial charge on any atom is 0.131 e. The number of aryl methyl sites for hydroxylation is 4. The quantitative estimate of drug-likeness (QED) is 0.319. The Balaban J connectivity index is 2.46. The molecule has 0 aromatic heterocycles. The summed E-state index contributed by atoms with van der Waals surface area (Å²) >= 11 is 0. The van der Waals surface area contributed by atoms with Crippen LogP contribution in [0.5, 0.6) is 23.0 Å². The minimum absolute atomic E-state index is 0.382. The Hall–Kier alpha value is -2.16. The first kappa shape index (κ1) is 25.1. The second-order valence-electron chi connectivity index (χ2n) is 8.69. The fourth-order valence-corrected chi connectivity index (χ4v) is 3.88. The maximum absolute atomic E-state index is 10.6. The van der Waals surface area contributed by atoms with E-state index in [1.807, 2.05) is 24.3 Å². The summed E-state index contributed by atoms with van der Waals surface area (Å²) in [5.41, 5.74) is 4.03. The summed E-state index contributed by atoms with van der Waals surface area (Å²) in [5, 5.41) is 21.1. The van der Waals surface area contributed by atoms with Crippen LogP contribution in [0.15, 0.2) is 24.3 Å². The Morgan fingerprint density at radius 2 is 0.839 bits per heavy atom. The summed E-state index contributed by atoms with van der Waals surface area (Å²) in [4.78, 5) is 0. The minimum Gasteiger partial charge on any atom is -0.508 e. The zero-order chi connectivity index (χ0) is 22.6. The van der Waals surface area contributed by atoms with E-state index in [0.717, 1.165) is 111 Å². The summed E-state index contributed by atoms with van der Waals surface area (Å²) in [6, 6.07) is 7.89. The number of ether oxygens (including phenoxy) is 1. The number of hydrogen-bond acceptors (Lipinski definition) is 3. The molecule has 0 atom stereocenters. The predicted molar refractivity (Wildman–Crippen MR) is 131 cm³/mol. The van der Waals surface area contributed by atoms with Crippen molar-refractivity contribution < 1.29 is 14.9 Å². The fourth-order valence-electron chi connectivity index (χ4n) is 3.88. The van der Waals surface area contributed by atoms with Crippen molar-refractivity contribution in [2.24, 2.45) is 0 Å². The largest absolute Gasteiger partial charge is 0.508 e. The molecule has 2 rings (SSSR count). The highest BCUT2D eigenvalue weighted by atomic mass is 16.5. The SMILES string of the molecule is CCCCc1cc(Oc2cc(CCCC)c(O)cc2CCCC)c(CCCC)cc1O. The number of aromatic hydroxyl groups is 2. The molecule has 2 N–H and O–H groups in total. The van der Waals surface area contributed by atoms with Crippen molar-refractivity contribution in [3.05, 3.63) is 46.5 Å². The Morgan fingerprint density at radius 1 is 0.516 bits per heavy atom. The number of hydrogen-bond donors (Lipinski definition) is 2. The summed E-state index contributed by atoms with van der Waals surface area (Å²) in [6.45, 7) is 8.69. The van der Waals surface area contributed by atoms with Gasteiger partial charge in [0.15, 0.2) is 0 Å². The highest BCUT2D eigenvalue weighted by molar-refractivity contribution is 5.51. The molecule has 2 aromatic carbocycles. The summed E-state index contributed by atoms with van der Waals surface area (Å²) < 4.78 is 6.56. The predicted octanol–water partition coefficient (Wildman–Crippen LogP) is 8.26. The lowest BCUT2D eigenvalue weighted by molar-refractivity contribution is 0.441. The van der Waals surface area contributed by atoms with Crippen molar-refractivity contribution in [1.29, 1.82) is 0 Å². The average molecular weight is 427 g/mol. The van der Waals surface area contributed by atoms with E-state index >= 15 is 0 Å². The van der Waals surface area contributed by atoms with Gasteiger partial charge in [0.25, 0.3) is 0 Å². The van der Waals surface area contributed by atoms with Gasteiger partial charge in [-0.2, -0.15) is 0 Å². The molecule has 0 spiro atoms. The van der Waals surface area contributed by atoms with E-state index < -0.39 is 0 Å². The molecule has 0 heterocycles. The highest BCUT2D eigenvalue weighted by Gasteiger charge is 2.15. The third-order valence-electron chi connectivity index (χ3n) is 5.94. The van der Waals surface area contributed by atoms with Crippen LogP contribution in [0.4, 0.5) is 0 Å². The number of unbranched alkanes of at least 4 members (excludes halogenated alkanes) is 4. The second-order valence-corrected chi connectivity index (χ2v) is 8.69. The minimum atomic E-state index is 0.382. The number of phenols is 2. The number of phenolic OH excluding ortho intramolecular Hbond substituents is 2. The molecule has 0 aliphatic carbocycles. The molecule has 3 heteroatoms. The highest BCUT2D eigenvalue weighted by Crippen LogP contribution is 2.37. The molecule has 0 saturated heterocycles. The van der Waals surface area contributed by atoms with E-state index in [4.69, 9.17) is 4.74 Å². The lowest BCUT2D eigenvalue weighted by Gasteiger charge is -2.18. The Bertz CT molecular complexity index is 743. The van der Waals surface area contributed by atoms with E-state index in [1.165, 1.54) is 0 Å². The molecule has 0 bridgehead atoms. The number of benzene rings is 2. The zero-order valence-electron chi connectivity index (χ0n) is 20.1. The first-order chi connectivity index (χ1) is 15.0. The van der Waals surface area contributed by atoms with E-state index in [1.54, 1.807) is 0 Å². The standard InChI is InChI=1S/C28H42O3/c1-5-9-13-21-19-27(23(15-11-7-3)17-25(21)29)31-28-20-22(14-10-6-2)26(30)18-24(28)16-12-8-4/h17-20,29-30H,5-16H2,1-4H3. The normalized spacial score (nSPS) is 11.1. The van der Waals surface area contributed by atoms with Gasteiger partial charge in [-0.25, -0.2) is 0 Å². The van der Waals surface area contributed by atoms with Gasteiger partial charge in [0.05, 0.1) is 0 Å². The molecular weight excluding hydrogens is 384 g/mol. The van der Waals surface area contributed by atoms with E-state index in [-0.39, 0.29) is 0 Å². The first-order valence-corrected chi connectivity index (χ1v) is 12.4. The van der Waals surface area contributed by atoms with Crippen molar-refractivity contribution in [2.75, 3.05) is 0 Å². The Kier molecular flexibility index (Phi) is 10.8. The van der Waals surface area contributed by atoms with Crippen molar-refractivity contribution in [3.8, 4) is 23.0 Å². The molecule has 0 radical (unpaired) electrons. The van der Waals surface area contributed by atoms with Crippen LogP contribution in [0.2, 0.25) is 0 Å². The number of rotatable bonds is 14. The van der Waals surface area contributed by atoms with Gasteiger partial charge in [-0.3, -0.25) is 0 Å². The topological polar surface area (TPSA) is 49.7 Å².